The van der Waals surface area contributed by atoms with Gasteiger partial charge in [0.25, 0.3) is 0 Å². The van der Waals surface area contributed by atoms with Crippen molar-refractivity contribution in [3.05, 3.63) is 24.3 Å². The van der Waals surface area contributed by atoms with E-state index in [9.17, 15) is 13.2 Å². The van der Waals surface area contributed by atoms with Crippen LogP contribution in [0.15, 0.2) is 29.2 Å². The standard InChI is InChI=1S/C17H30N4O3S/c1-6-21(7-2)13-12-18-17(22)19-15-8-10-16(11-9-15)25(23,24)20(5)14(3)4/h8-11,14H,6-7,12-13H2,1-5H3,(H2,18,19,22). The molecule has 0 aliphatic rings. The number of carbonyl (C=O) groups is 1. The van der Waals surface area contributed by atoms with Crippen LogP contribution in [0.4, 0.5) is 10.5 Å². The number of likely N-dealkylation sites (N-methyl/N-ethyl adjacent to an activating group) is 1. The zero-order chi connectivity index (χ0) is 19.0. The van der Waals surface area contributed by atoms with Gasteiger partial charge in [0, 0.05) is 31.9 Å². The summed E-state index contributed by atoms with van der Waals surface area (Å²) in [7, 11) is -1.96. The Morgan fingerprint density at radius 3 is 2.16 bits per heavy atom. The molecule has 1 aromatic carbocycles. The molecule has 2 N–H and O–H groups in total. The lowest BCUT2D eigenvalue weighted by molar-refractivity contribution is 0.248. The molecule has 0 saturated heterocycles. The zero-order valence-corrected chi connectivity index (χ0v) is 16.6. The van der Waals surface area contributed by atoms with E-state index in [-0.39, 0.29) is 17.0 Å². The Balaban J connectivity index is 2.61. The fraction of sp³-hybridized carbons (Fsp3) is 0.588. The fourth-order valence-electron chi connectivity index (χ4n) is 2.20. The number of amides is 2. The third kappa shape index (κ3) is 6.30. The van der Waals surface area contributed by atoms with Gasteiger partial charge in [0.1, 0.15) is 0 Å². The number of rotatable bonds is 9. The molecule has 0 bridgehead atoms. The van der Waals surface area contributed by atoms with E-state index in [0.717, 1.165) is 19.6 Å². The van der Waals surface area contributed by atoms with Crippen molar-refractivity contribution in [2.24, 2.45) is 0 Å². The molecule has 25 heavy (non-hydrogen) atoms. The van der Waals surface area contributed by atoms with Crippen LogP contribution < -0.4 is 10.6 Å². The lowest BCUT2D eigenvalue weighted by atomic mass is 10.3. The van der Waals surface area contributed by atoms with Crippen molar-refractivity contribution in [2.75, 3.05) is 38.5 Å². The summed E-state index contributed by atoms with van der Waals surface area (Å²) in [5.74, 6) is 0. The summed E-state index contributed by atoms with van der Waals surface area (Å²) in [6.45, 7) is 11.0. The van der Waals surface area contributed by atoms with E-state index >= 15 is 0 Å². The van der Waals surface area contributed by atoms with Gasteiger partial charge in [-0.2, -0.15) is 4.31 Å². The van der Waals surface area contributed by atoms with E-state index in [1.807, 2.05) is 13.8 Å². The third-order valence-electron chi connectivity index (χ3n) is 4.12. The summed E-state index contributed by atoms with van der Waals surface area (Å²) in [4.78, 5) is 14.3. The topological polar surface area (TPSA) is 81.8 Å². The molecule has 2 amide bonds. The summed E-state index contributed by atoms with van der Waals surface area (Å²) in [5, 5.41) is 5.50. The molecular formula is C17H30N4O3S. The fourth-order valence-corrected chi connectivity index (χ4v) is 3.56. The van der Waals surface area contributed by atoms with Crippen LogP contribution in [0.25, 0.3) is 0 Å². The molecule has 8 heteroatoms. The van der Waals surface area contributed by atoms with Gasteiger partial charge in [-0.25, -0.2) is 13.2 Å². The quantitative estimate of drug-likeness (QED) is 0.698. The normalized spacial score (nSPS) is 12.0. The van der Waals surface area contributed by atoms with Gasteiger partial charge in [-0.15, -0.1) is 0 Å². The van der Waals surface area contributed by atoms with Crippen LogP contribution >= 0.6 is 0 Å². The molecule has 0 saturated carbocycles. The first-order valence-corrected chi connectivity index (χ1v) is 10.0. The van der Waals surface area contributed by atoms with Crippen molar-refractivity contribution in [1.82, 2.24) is 14.5 Å². The molecule has 1 aromatic rings. The van der Waals surface area contributed by atoms with E-state index in [1.165, 1.54) is 16.4 Å². The van der Waals surface area contributed by atoms with Gasteiger partial charge in [0.05, 0.1) is 4.90 Å². The van der Waals surface area contributed by atoms with Crippen LogP contribution in [0.2, 0.25) is 0 Å². The zero-order valence-electron chi connectivity index (χ0n) is 15.7. The molecule has 7 nitrogen and oxygen atoms in total. The first kappa shape index (κ1) is 21.4. The smallest absolute Gasteiger partial charge is 0.319 e. The Morgan fingerprint density at radius 2 is 1.68 bits per heavy atom. The second-order valence-electron chi connectivity index (χ2n) is 6.05. The first-order chi connectivity index (χ1) is 11.7. The van der Waals surface area contributed by atoms with Gasteiger partial charge in [0.15, 0.2) is 0 Å². The summed E-state index contributed by atoms with van der Waals surface area (Å²) in [6.07, 6.45) is 0. The number of sulfonamides is 1. The summed E-state index contributed by atoms with van der Waals surface area (Å²) >= 11 is 0. The third-order valence-corrected chi connectivity index (χ3v) is 6.17. The van der Waals surface area contributed by atoms with Crippen LogP contribution in [-0.2, 0) is 10.0 Å². The Hall–Kier alpha value is -1.64. The van der Waals surface area contributed by atoms with Crippen molar-refractivity contribution in [3.8, 4) is 0 Å². The number of nitrogens with one attached hydrogen (secondary N) is 2. The van der Waals surface area contributed by atoms with Crippen molar-refractivity contribution in [1.29, 1.82) is 0 Å². The van der Waals surface area contributed by atoms with E-state index < -0.39 is 10.0 Å². The van der Waals surface area contributed by atoms with Crippen molar-refractivity contribution in [3.63, 3.8) is 0 Å². The monoisotopic (exact) mass is 370 g/mol. The highest BCUT2D eigenvalue weighted by Crippen LogP contribution is 2.18. The van der Waals surface area contributed by atoms with Crippen LogP contribution in [-0.4, -0.2) is 62.9 Å². The maximum absolute atomic E-state index is 12.4. The molecule has 0 fully saturated rings. The van der Waals surface area contributed by atoms with Crippen molar-refractivity contribution in [2.45, 2.75) is 38.6 Å². The average molecular weight is 371 g/mol. The molecule has 0 atom stereocenters. The van der Waals surface area contributed by atoms with Crippen LogP contribution in [0.1, 0.15) is 27.7 Å². The van der Waals surface area contributed by atoms with Crippen LogP contribution in [0, 0.1) is 0 Å². The Morgan fingerprint density at radius 1 is 1.12 bits per heavy atom. The number of benzene rings is 1. The van der Waals surface area contributed by atoms with Gasteiger partial charge >= 0.3 is 6.03 Å². The Labute approximate surface area is 151 Å². The van der Waals surface area contributed by atoms with Crippen LogP contribution in [0.3, 0.4) is 0 Å². The summed E-state index contributed by atoms with van der Waals surface area (Å²) < 4.78 is 26.1. The number of urea groups is 1. The van der Waals surface area contributed by atoms with Crippen molar-refractivity contribution < 1.29 is 13.2 Å². The lowest BCUT2D eigenvalue weighted by Gasteiger charge is -2.21. The average Bonchev–Trinajstić information content (AvgIpc) is 2.58. The van der Waals surface area contributed by atoms with Crippen LogP contribution in [0.5, 0.6) is 0 Å². The SMILES string of the molecule is CCN(CC)CCNC(=O)Nc1ccc(S(=O)(=O)N(C)C(C)C)cc1. The van der Waals surface area contributed by atoms with Gasteiger partial charge in [-0.05, 0) is 51.2 Å². The lowest BCUT2D eigenvalue weighted by Crippen LogP contribution is -2.36. The molecule has 0 aliphatic heterocycles. The Kier molecular flexibility index (Phi) is 8.34. The minimum Gasteiger partial charge on any atom is -0.337 e. The number of nitrogens with zero attached hydrogens (tertiary/aromatic N) is 2. The molecule has 0 heterocycles. The summed E-state index contributed by atoms with van der Waals surface area (Å²) in [6, 6.07) is 5.75. The first-order valence-electron chi connectivity index (χ1n) is 8.57. The predicted molar refractivity (Wildman–Crippen MR) is 101 cm³/mol. The maximum Gasteiger partial charge on any atom is 0.319 e. The number of carbonyl (C=O) groups excluding carboxylic acids is 1. The summed E-state index contributed by atoms with van der Waals surface area (Å²) in [5.41, 5.74) is 0.548. The van der Waals surface area contributed by atoms with Gasteiger partial charge in [0.2, 0.25) is 10.0 Å². The van der Waals surface area contributed by atoms with Crippen molar-refractivity contribution >= 4 is 21.7 Å². The van der Waals surface area contributed by atoms with E-state index in [4.69, 9.17) is 0 Å². The van der Waals surface area contributed by atoms with E-state index in [2.05, 4.69) is 29.4 Å². The molecule has 142 valence electrons. The molecule has 0 spiro atoms. The predicted octanol–water partition coefficient (Wildman–Crippen LogP) is 2.18. The van der Waals surface area contributed by atoms with E-state index in [1.54, 1.807) is 19.2 Å². The van der Waals surface area contributed by atoms with Gasteiger partial charge in [-0.3, -0.25) is 0 Å². The number of hydrogen-bond acceptors (Lipinski definition) is 4. The molecule has 1 rings (SSSR count). The Bertz CT molecular complexity index is 640. The highest BCUT2D eigenvalue weighted by Gasteiger charge is 2.22. The minimum atomic E-state index is -3.51. The molecular weight excluding hydrogens is 340 g/mol. The molecule has 0 unspecified atom stereocenters. The minimum absolute atomic E-state index is 0.126. The van der Waals surface area contributed by atoms with Gasteiger partial charge < -0.3 is 15.5 Å². The van der Waals surface area contributed by atoms with Gasteiger partial charge in [-0.1, -0.05) is 13.8 Å². The molecule has 0 aromatic heterocycles. The molecule has 0 radical (unpaired) electrons. The molecule has 0 aliphatic carbocycles. The highest BCUT2D eigenvalue weighted by molar-refractivity contribution is 7.89. The second kappa shape index (κ2) is 9.74. The second-order valence-corrected chi connectivity index (χ2v) is 8.04. The number of hydrogen-bond donors (Lipinski definition) is 2. The largest absolute Gasteiger partial charge is 0.337 e. The number of anilines is 1. The maximum atomic E-state index is 12.4. The highest BCUT2D eigenvalue weighted by atomic mass is 32.2. The van der Waals surface area contributed by atoms with E-state index in [0.29, 0.717) is 12.2 Å².